The molecular formula is C13H14BrNOS. The van der Waals surface area contributed by atoms with Gasteiger partial charge in [-0.15, -0.1) is 11.3 Å². The Labute approximate surface area is 113 Å². The molecule has 0 bridgehead atoms. The monoisotopic (exact) mass is 311 g/mol. The minimum Gasteiger partial charge on any atom is -0.507 e. The molecule has 2 aromatic rings. The summed E-state index contributed by atoms with van der Waals surface area (Å²) in [5.74, 6) is 0.394. The molecule has 2 rings (SSSR count). The standard InChI is InChI=1S/C13H14BrNOS/c1-9-3-2-4-10(13(9)16)7-15-8-12-11(14)5-6-17-12/h2-6,15-16H,7-8H2,1H3. The summed E-state index contributed by atoms with van der Waals surface area (Å²) in [4.78, 5) is 1.28. The van der Waals surface area contributed by atoms with E-state index >= 15 is 0 Å². The highest BCUT2D eigenvalue weighted by molar-refractivity contribution is 9.10. The highest BCUT2D eigenvalue weighted by atomic mass is 79.9. The van der Waals surface area contributed by atoms with E-state index in [1.54, 1.807) is 11.3 Å². The Kier molecular flexibility index (Phi) is 4.20. The summed E-state index contributed by atoms with van der Waals surface area (Å²) in [5.41, 5.74) is 1.86. The van der Waals surface area contributed by atoms with Gasteiger partial charge in [-0.3, -0.25) is 0 Å². The van der Waals surface area contributed by atoms with Crippen molar-refractivity contribution in [3.05, 3.63) is 50.1 Å². The molecule has 2 nitrogen and oxygen atoms in total. The Bertz CT molecular complexity index is 510. The third-order valence-electron chi connectivity index (χ3n) is 2.61. The quantitative estimate of drug-likeness (QED) is 0.899. The zero-order chi connectivity index (χ0) is 12.3. The lowest BCUT2D eigenvalue weighted by Gasteiger charge is -2.08. The fourth-order valence-electron chi connectivity index (χ4n) is 1.62. The van der Waals surface area contributed by atoms with Crippen molar-refractivity contribution in [1.82, 2.24) is 5.32 Å². The molecule has 0 saturated heterocycles. The fourth-order valence-corrected chi connectivity index (χ4v) is 3.09. The van der Waals surface area contributed by atoms with Crippen molar-refractivity contribution in [3.63, 3.8) is 0 Å². The van der Waals surface area contributed by atoms with Gasteiger partial charge in [0.05, 0.1) is 0 Å². The average Bonchev–Trinajstić information content (AvgIpc) is 2.71. The van der Waals surface area contributed by atoms with Gasteiger partial charge in [-0.25, -0.2) is 0 Å². The molecule has 0 atom stereocenters. The van der Waals surface area contributed by atoms with Crippen LogP contribution in [-0.4, -0.2) is 5.11 Å². The zero-order valence-electron chi connectivity index (χ0n) is 9.53. The molecule has 0 saturated carbocycles. The van der Waals surface area contributed by atoms with Crippen LogP contribution in [-0.2, 0) is 13.1 Å². The number of hydrogen-bond donors (Lipinski definition) is 2. The molecule has 0 aliphatic heterocycles. The van der Waals surface area contributed by atoms with Crippen LogP contribution in [0.15, 0.2) is 34.1 Å². The molecule has 2 N–H and O–H groups in total. The van der Waals surface area contributed by atoms with Gasteiger partial charge < -0.3 is 10.4 Å². The van der Waals surface area contributed by atoms with Crippen LogP contribution in [0.4, 0.5) is 0 Å². The van der Waals surface area contributed by atoms with Gasteiger partial charge in [-0.05, 0) is 39.9 Å². The van der Waals surface area contributed by atoms with Gasteiger partial charge in [-0.2, -0.15) is 0 Å². The molecule has 1 heterocycles. The highest BCUT2D eigenvalue weighted by Crippen LogP contribution is 2.23. The third kappa shape index (κ3) is 3.09. The Balaban J connectivity index is 1.95. The van der Waals surface area contributed by atoms with Gasteiger partial charge in [0.2, 0.25) is 0 Å². The SMILES string of the molecule is Cc1cccc(CNCc2sccc2Br)c1O. The number of hydrogen-bond acceptors (Lipinski definition) is 3. The van der Waals surface area contributed by atoms with Crippen LogP contribution < -0.4 is 5.32 Å². The topological polar surface area (TPSA) is 32.3 Å². The van der Waals surface area contributed by atoms with E-state index < -0.39 is 0 Å². The lowest BCUT2D eigenvalue weighted by molar-refractivity contribution is 0.460. The molecule has 0 radical (unpaired) electrons. The molecular weight excluding hydrogens is 298 g/mol. The van der Waals surface area contributed by atoms with Crippen LogP contribution in [0.25, 0.3) is 0 Å². The Morgan fingerprint density at radius 3 is 2.82 bits per heavy atom. The van der Waals surface area contributed by atoms with Crippen LogP contribution in [0.2, 0.25) is 0 Å². The molecule has 0 spiro atoms. The van der Waals surface area contributed by atoms with Crippen LogP contribution in [0, 0.1) is 6.92 Å². The zero-order valence-corrected chi connectivity index (χ0v) is 11.9. The van der Waals surface area contributed by atoms with Crippen molar-refractivity contribution in [3.8, 4) is 5.75 Å². The van der Waals surface area contributed by atoms with E-state index in [4.69, 9.17) is 0 Å². The van der Waals surface area contributed by atoms with Crippen LogP contribution in [0.3, 0.4) is 0 Å². The summed E-state index contributed by atoms with van der Waals surface area (Å²) < 4.78 is 1.14. The van der Waals surface area contributed by atoms with Crippen molar-refractivity contribution in [2.75, 3.05) is 0 Å². The molecule has 17 heavy (non-hydrogen) atoms. The molecule has 90 valence electrons. The number of phenolic OH excluding ortho intramolecular Hbond substituents is 1. The molecule has 0 unspecified atom stereocenters. The average molecular weight is 312 g/mol. The Hall–Kier alpha value is -0.840. The number of benzene rings is 1. The normalized spacial score (nSPS) is 10.7. The second-order valence-electron chi connectivity index (χ2n) is 3.88. The van der Waals surface area contributed by atoms with Crippen molar-refractivity contribution >= 4 is 27.3 Å². The number of thiophene rings is 1. The number of phenols is 1. The van der Waals surface area contributed by atoms with Gasteiger partial charge in [0.25, 0.3) is 0 Å². The number of nitrogens with one attached hydrogen (secondary N) is 1. The molecule has 0 fully saturated rings. The van der Waals surface area contributed by atoms with Crippen molar-refractivity contribution < 1.29 is 5.11 Å². The van der Waals surface area contributed by atoms with Gasteiger partial charge in [0, 0.05) is 28.0 Å². The first-order valence-electron chi connectivity index (χ1n) is 5.38. The number of aryl methyl sites for hydroxylation is 1. The molecule has 1 aromatic carbocycles. The molecule has 0 aliphatic rings. The maximum absolute atomic E-state index is 9.86. The van der Waals surface area contributed by atoms with E-state index in [1.807, 2.05) is 31.2 Å². The van der Waals surface area contributed by atoms with E-state index in [0.717, 1.165) is 22.1 Å². The van der Waals surface area contributed by atoms with E-state index in [0.29, 0.717) is 12.3 Å². The smallest absolute Gasteiger partial charge is 0.122 e. The van der Waals surface area contributed by atoms with Gasteiger partial charge in [-0.1, -0.05) is 18.2 Å². The van der Waals surface area contributed by atoms with Gasteiger partial charge in [0.15, 0.2) is 0 Å². The van der Waals surface area contributed by atoms with Gasteiger partial charge >= 0.3 is 0 Å². The summed E-state index contributed by atoms with van der Waals surface area (Å²) >= 11 is 5.22. The van der Waals surface area contributed by atoms with Crippen LogP contribution in [0.1, 0.15) is 16.0 Å². The molecule has 4 heteroatoms. The number of halogens is 1. The summed E-state index contributed by atoms with van der Waals surface area (Å²) in [6.07, 6.45) is 0. The Morgan fingerprint density at radius 2 is 2.12 bits per heavy atom. The summed E-state index contributed by atoms with van der Waals surface area (Å²) in [5, 5.41) is 15.3. The second kappa shape index (κ2) is 5.67. The maximum atomic E-state index is 9.86. The highest BCUT2D eigenvalue weighted by Gasteiger charge is 2.04. The molecule has 1 aromatic heterocycles. The van der Waals surface area contributed by atoms with Gasteiger partial charge in [0.1, 0.15) is 5.75 Å². The summed E-state index contributed by atoms with van der Waals surface area (Å²) in [6.45, 7) is 3.40. The van der Waals surface area contributed by atoms with Crippen LogP contribution >= 0.6 is 27.3 Å². The first-order chi connectivity index (χ1) is 8.18. The third-order valence-corrected chi connectivity index (χ3v) is 4.54. The Morgan fingerprint density at radius 1 is 1.29 bits per heavy atom. The van der Waals surface area contributed by atoms with Crippen molar-refractivity contribution in [2.45, 2.75) is 20.0 Å². The minimum atomic E-state index is 0.394. The first kappa shape index (κ1) is 12.6. The predicted octanol–water partition coefficient (Wildman–Crippen LogP) is 3.81. The first-order valence-corrected chi connectivity index (χ1v) is 7.06. The van der Waals surface area contributed by atoms with E-state index in [1.165, 1.54) is 4.88 Å². The minimum absolute atomic E-state index is 0.394. The lowest BCUT2D eigenvalue weighted by atomic mass is 10.1. The largest absolute Gasteiger partial charge is 0.507 e. The lowest BCUT2D eigenvalue weighted by Crippen LogP contribution is -2.12. The number of rotatable bonds is 4. The summed E-state index contributed by atoms with van der Waals surface area (Å²) in [6, 6.07) is 7.87. The van der Waals surface area contributed by atoms with Crippen molar-refractivity contribution in [2.24, 2.45) is 0 Å². The van der Waals surface area contributed by atoms with Crippen LogP contribution in [0.5, 0.6) is 5.75 Å². The van der Waals surface area contributed by atoms with E-state index in [9.17, 15) is 5.11 Å². The maximum Gasteiger partial charge on any atom is 0.122 e. The fraction of sp³-hybridized carbons (Fsp3) is 0.231. The number of para-hydroxylation sites is 1. The summed E-state index contributed by atoms with van der Waals surface area (Å²) in [7, 11) is 0. The van der Waals surface area contributed by atoms with Crippen molar-refractivity contribution in [1.29, 1.82) is 0 Å². The predicted molar refractivity (Wildman–Crippen MR) is 75.4 cm³/mol. The van der Waals surface area contributed by atoms with E-state index in [2.05, 4.69) is 26.6 Å². The number of aromatic hydroxyl groups is 1. The molecule has 0 aliphatic carbocycles. The molecule has 0 amide bonds. The second-order valence-corrected chi connectivity index (χ2v) is 5.73. The van der Waals surface area contributed by atoms with E-state index in [-0.39, 0.29) is 0 Å².